The number of ether oxygens (including phenoxy) is 1. The summed E-state index contributed by atoms with van der Waals surface area (Å²) in [5.41, 5.74) is 3.60. The average molecular weight is 355 g/mol. The molecule has 0 aliphatic heterocycles. The fourth-order valence-electron chi connectivity index (χ4n) is 2.81. The van der Waals surface area contributed by atoms with Crippen LogP contribution in [-0.4, -0.2) is 17.6 Å². The number of nitrogens with zero attached hydrogens (tertiary/aromatic N) is 1. The monoisotopic (exact) mass is 354 g/mol. The molecule has 0 saturated carbocycles. The lowest BCUT2D eigenvalue weighted by Crippen LogP contribution is -2.22. The number of methoxy groups -OCH3 is 1. The van der Waals surface area contributed by atoms with Gasteiger partial charge in [-0.3, -0.25) is 0 Å². The molecule has 3 aromatic rings. The molecule has 0 bridgehead atoms. The predicted octanol–water partition coefficient (Wildman–Crippen LogP) is 3.49. The average Bonchev–Trinajstić information content (AvgIpc) is 3.04. The van der Waals surface area contributed by atoms with Crippen molar-refractivity contribution in [1.82, 2.24) is 4.57 Å². The quantitative estimate of drug-likeness (QED) is 0.681. The number of aliphatic carboxylic acids is 1. The van der Waals surface area contributed by atoms with Gasteiger partial charge in [-0.05, 0) is 66.9 Å². The van der Waals surface area contributed by atoms with E-state index in [1.54, 1.807) is 7.11 Å². The standard InChI is InChI=1S/C20H18ClNO3/c1-25-16-10-6-14(7-11-16)18-12-8-15(9-13-20(23)24)22(18)19-5-3-2-4-17(19)21/h2-8,10-12H,9,13H2,1H3,(H,23,24)/p-1. The molecule has 0 saturated heterocycles. The van der Waals surface area contributed by atoms with E-state index in [9.17, 15) is 9.90 Å². The van der Waals surface area contributed by atoms with Crippen LogP contribution in [0.15, 0.2) is 60.7 Å². The maximum atomic E-state index is 10.9. The number of para-hydroxylation sites is 1. The SMILES string of the molecule is COc1ccc(-c2ccc(CCC(=O)[O-])n2-c2ccccc2Cl)cc1. The lowest BCUT2D eigenvalue weighted by molar-refractivity contribution is -0.305. The molecule has 0 amide bonds. The van der Waals surface area contributed by atoms with Crippen LogP contribution in [0.5, 0.6) is 5.75 Å². The van der Waals surface area contributed by atoms with Gasteiger partial charge in [0.2, 0.25) is 0 Å². The molecule has 0 atom stereocenters. The van der Waals surface area contributed by atoms with Crippen molar-refractivity contribution in [3.05, 3.63) is 71.4 Å². The van der Waals surface area contributed by atoms with Crippen molar-refractivity contribution in [3.63, 3.8) is 0 Å². The normalized spacial score (nSPS) is 10.6. The molecule has 25 heavy (non-hydrogen) atoms. The smallest absolute Gasteiger partial charge is 0.118 e. The third kappa shape index (κ3) is 3.69. The lowest BCUT2D eigenvalue weighted by Gasteiger charge is -2.16. The molecule has 1 heterocycles. The number of carboxylic acids is 1. The molecule has 0 fully saturated rings. The summed E-state index contributed by atoms with van der Waals surface area (Å²) in [5.74, 6) is -0.297. The number of carbonyl (C=O) groups is 1. The highest BCUT2D eigenvalue weighted by molar-refractivity contribution is 6.32. The Bertz CT molecular complexity index is 884. The molecular weight excluding hydrogens is 338 g/mol. The third-order valence-corrected chi connectivity index (χ3v) is 4.35. The van der Waals surface area contributed by atoms with E-state index in [1.165, 1.54) is 0 Å². The van der Waals surface area contributed by atoms with Gasteiger partial charge in [0.1, 0.15) is 5.75 Å². The van der Waals surface area contributed by atoms with Crippen LogP contribution >= 0.6 is 11.6 Å². The van der Waals surface area contributed by atoms with Gasteiger partial charge in [-0.2, -0.15) is 0 Å². The predicted molar refractivity (Wildman–Crippen MR) is 96.1 cm³/mol. The molecular formula is C20H17ClNO3-. The maximum Gasteiger partial charge on any atom is 0.118 e. The Labute approximate surface area is 151 Å². The Hall–Kier alpha value is -2.72. The molecule has 0 aliphatic rings. The Balaban J connectivity index is 2.11. The lowest BCUT2D eigenvalue weighted by atomic mass is 10.1. The van der Waals surface area contributed by atoms with Gasteiger partial charge in [0, 0.05) is 11.7 Å². The van der Waals surface area contributed by atoms with E-state index in [-0.39, 0.29) is 6.42 Å². The topological polar surface area (TPSA) is 54.3 Å². The van der Waals surface area contributed by atoms with Crippen molar-refractivity contribution in [2.24, 2.45) is 0 Å². The Morgan fingerprint density at radius 3 is 2.44 bits per heavy atom. The molecule has 4 nitrogen and oxygen atoms in total. The minimum absolute atomic E-state index is 0.0451. The number of carboxylic acid groups (broad SMARTS) is 1. The van der Waals surface area contributed by atoms with Crippen LogP contribution in [0, 0.1) is 0 Å². The third-order valence-electron chi connectivity index (χ3n) is 4.03. The van der Waals surface area contributed by atoms with Crippen LogP contribution in [0.2, 0.25) is 5.02 Å². The summed E-state index contributed by atoms with van der Waals surface area (Å²) in [6.45, 7) is 0. The van der Waals surface area contributed by atoms with E-state index in [1.807, 2.05) is 65.2 Å². The number of hydrogen-bond acceptors (Lipinski definition) is 3. The van der Waals surface area contributed by atoms with Crippen LogP contribution in [0.1, 0.15) is 12.1 Å². The molecule has 0 radical (unpaired) electrons. The molecule has 1 aromatic heterocycles. The van der Waals surface area contributed by atoms with Crippen molar-refractivity contribution in [1.29, 1.82) is 0 Å². The fraction of sp³-hybridized carbons (Fsp3) is 0.150. The molecule has 128 valence electrons. The van der Waals surface area contributed by atoms with Gasteiger partial charge in [-0.15, -0.1) is 0 Å². The molecule has 0 spiro atoms. The van der Waals surface area contributed by atoms with Crippen molar-refractivity contribution in [2.75, 3.05) is 7.11 Å². The number of aromatic nitrogens is 1. The Morgan fingerprint density at radius 2 is 1.80 bits per heavy atom. The van der Waals surface area contributed by atoms with Gasteiger partial charge in [-0.1, -0.05) is 23.7 Å². The summed E-state index contributed by atoms with van der Waals surface area (Å²) < 4.78 is 7.20. The molecule has 2 aromatic carbocycles. The van der Waals surface area contributed by atoms with Gasteiger partial charge in [0.15, 0.2) is 0 Å². The van der Waals surface area contributed by atoms with Crippen molar-refractivity contribution >= 4 is 17.6 Å². The minimum atomic E-state index is -1.07. The van der Waals surface area contributed by atoms with Crippen molar-refractivity contribution in [2.45, 2.75) is 12.8 Å². The second-order valence-corrected chi connectivity index (χ2v) is 6.00. The van der Waals surface area contributed by atoms with Gasteiger partial charge >= 0.3 is 0 Å². The van der Waals surface area contributed by atoms with E-state index in [4.69, 9.17) is 16.3 Å². The summed E-state index contributed by atoms with van der Waals surface area (Å²) in [6, 6.07) is 19.1. The summed E-state index contributed by atoms with van der Waals surface area (Å²) >= 11 is 6.39. The van der Waals surface area contributed by atoms with E-state index in [0.29, 0.717) is 11.4 Å². The molecule has 0 aliphatic carbocycles. The van der Waals surface area contributed by atoms with Crippen LogP contribution < -0.4 is 9.84 Å². The molecule has 0 unspecified atom stereocenters. The second-order valence-electron chi connectivity index (χ2n) is 5.60. The summed E-state index contributed by atoms with van der Waals surface area (Å²) in [4.78, 5) is 10.9. The first-order valence-corrected chi connectivity index (χ1v) is 8.27. The number of hydrogen-bond donors (Lipinski definition) is 0. The number of halogens is 1. The fourth-order valence-corrected chi connectivity index (χ4v) is 3.03. The first kappa shape index (κ1) is 17.1. The Morgan fingerprint density at radius 1 is 1.08 bits per heavy atom. The van der Waals surface area contributed by atoms with Crippen LogP contribution in [0.3, 0.4) is 0 Å². The summed E-state index contributed by atoms with van der Waals surface area (Å²) in [6.07, 6.45) is 0.320. The van der Waals surface area contributed by atoms with Crippen LogP contribution in [0.4, 0.5) is 0 Å². The Kier molecular flexibility index (Phi) is 5.10. The van der Waals surface area contributed by atoms with E-state index in [0.717, 1.165) is 28.4 Å². The van der Waals surface area contributed by atoms with Gasteiger partial charge in [0.25, 0.3) is 0 Å². The molecule has 3 rings (SSSR count). The first-order chi connectivity index (χ1) is 12.1. The number of rotatable bonds is 6. The highest BCUT2D eigenvalue weighted by Gasteiger charge is 2.14. The van der Waals surface area contributed by atoms with Crippen molar-refractivity contribution in [3.8, 4) is 22.7 Å². The van der Waals surface area contributed by atoms with Gasteiger partial charge in [0.05, 0.1) is 23.5 Å². The zero-order valence-electron chi connectivity index (χ0n) is 13.7. The zero-order chi connectivity index (χ0) is 17.8. The van der Waals surface area contributed by atoms with Gasteiger partial charge < -0.3 is 19.2 Å². The summed E-state index contributed by atoms with van der Waals surface area (Å²) in [7, 11) is 1.62. The highest BCUT2D eigenvalue weighted by Crippen LogP contribution is 2.31. The van der Waals surface area contributed by atoms with Crippen molar-refractivity contribution < 1.29 is 14.6 Å². The molecule has 0 N–H and O–H groups in total. The highest BCUT2D eigenvalue weighted by atomic mass is 35.5. The number of benzene rings is 2. The van der Waals surface area contributed by atoms with E-state index in [2.05, 4.69) is 0 Å². The number of carbonyl (C=O) groups excluding carboxylic acids is 1. The zero-order valence-corrected chi connectivity index (χ0v) is 14.5. The van der Waals surface area contributed by atoms with Crippen LogP contribution in [0.25, 0.3) is 16.9 Å². The minimum Gasteiger partial charge on any atom is -0.550 e. The first-order valence-electron chi connectivity index (χ1n) is 7.90. The second kappa shape index (κ2) is 7.45. The largest absolute Gasteiger partial charge is 0.550 e. The van der Waals surface area contributed by atoms with E-state index < -0.39 is 5.97 Å². The molecule has 5 heteroatoms. The maximum absolute atomic E-state index is 10.9. The number of aryl methyl sites for hydroxylation is 1. The van der Waals surface area contributed by atoms with Gasteiger partial charge in [-0.25, -0.2) is 0 Å². The van der Waals surface area contributed by atoms with E-state index >= 15 is 0 Å². The van der Waals surface area contributed by atoms with Crippen LogP contribution in [-0.2, 0) is 11.2 Å². The summed E-state index contributed by atoms with van der Waals surface area (Å²) in [5, 5.41) is 11.5.